The van der Waals surface area contributed by atoms with Crippen LogP contribution in [-0.2, 0) is 6.61 Å². The van der Waals surface area contributed by atoms with Gasteiger partial charge in [-0.15, -0.1) is 0 Å². The van der Waals surface area contributed by atoms with Gasteiger partial charge in [0.2, 0.25) is 0 Å². The smallest absolute Gasteiger partial charge is 0.339 e. The molecule has 2 aromatic rings. The number of hydrogen-bond acceptors (Lipinski definition) is 3. The van der Waals surface area contributed by atoms with Crippen molar-refractivity contribution in [3.8, 4) is 11.5 Å². The summed E-state index contributed by atoms with van der Waals surface area (Å²) in [5.74, 6) is -2.11. The molecule has 2 rings (SSSR count). The standard InChI is InChI=1S/C14H10ClFO4/c15-10-5-9(14(18)19)12(17)6-13(10)20-7-8-3-1-2-4-11(8)16/h1-6,17H,7H2,(H,18,19). The molecule has 4 nitrogen and oxygen atoms in total. The first kappa shape index (κ1) is 14.1. The first-order chi connectivity index (χ1) is 9.49. The fourth-order valence-corrected chi connectivity index (χ4v) is 1.81. The van der Waals surface area contributed by atoms with Crippen molar-refractivity contribution in [2.45, 2.75) is 6.61 Å². The Morgan fingerprint density at radius 1 is 1.30 bits per heavy atom. The van der Waals surface area contributed by atoms with Crippen LogP contribution in [0.5, 0.6) is 11.5 Å². The van der Waals surface area contributed by atoms with Crippen molar-refractivity contribution in [3.05, 3.63) is 58.4 Å². The van der Waals surface area contributed by atoms with Gasteiger partial charge in [0.25, 0.3) is 0 Å². The second kappa shape index (κ2) is 5.79. The molecule has 0 aliphatic carbocycles. The highest BCUT2D eigenvalue weighted by Gasteiger charge is 2.14. The molecule has 0 aliphatic heterocycles. The molecule has 2 N–H and O–H groups in total. The van der Waals surface area contributed by atoms with E-state index in [9.17, 15) is 14.3 Å². The van der Waals surface area contributed by atoms with Gasteiger partial charge < -0.3 is 14.9 Å². The van der Waals surface area contributed by atoms with E-state index < -0.39 is 17.5 Å². The summed E-state index contributed by atoms with van der Waals surface area (Å²) >= 11 is 5.86. The van der Waals surface area contributed by atoms with Crippen LogP contribution in [0.15, 0.2) is 36.4 Å². The van der Waals surface area contributed by atoms with Crippen molar-refractivity contribution in [3.63, 3.8) is 0 Å². The minimum absolute atomic E-state index is 0.0246. The first-order valence-electron chi connectivity index (χ1n) is 5.61. The Bertz CT molecular complexity index is 658. The highest BCUT2D eigenvalue weighted by atomic mass is 35.5. The Hall–Kier alpha value is -2.27. The van der Waals surface area contributed by atoms with Crippen molar-refractivity contribution in [1.29, 1.82) is 0 Å². The zero-order chi connectivity index (χ0) is 14.7. The van der Waals surface area contributed by atoms with Gasteiger partial charge in [0.05, 0.1) is 5.02 Å². The van der Waals surface area contributed by atoms with Crippen LogP contribution >= 0.6 is 11.6 Å². The Morgan fingerprint density at radius 3 is 2.65 bits per heavy atom. The van der Waals surface area contributed by atoms with Crippen LogP contribution in [0.3, 0.4) is 0 Å². The van der Waals surface area contributed by atoms with Crippen molar-refractivity contribution in [2.75, 3.05) is 0 Å². The van der Waals surface area contributed by atoms with Crippen LogP contribution in [0.1, 0.15) is 15.9 Å². The van der Waals surface area contributed by atoms with Crippen LogP contribution in [0.25, 0.3) is 0 Å². The summed E-state index contributed by atoms with van der Waals surface area (Å²) in [6.07, 6.45) is 0. The Labute approximate surface area is 119 Å². The average Bonchev–Trinajstić information content (AvgIpc) is 2.40. The maximum atomic E-state index is 13.4. The number of hydrogen-bond donors (Lipinski definition) is 2. The zero-order valence-electron chi connectivity index (χ0n) is 10.1. The largest absolute Gasteiger partial charge is 0.507 e. The molecule has 20 heavy (non-hydrogen) atoms. The molecule has 0 saturated heterocycles. The SMILES string of the molecule is O=C(O)c1cc(Cl)c(OCc2ccccc2F)cc1O. The summed E-state index contributed by atoms with van der Waals surface area (Å²) in [6.45, 7) is -0.0851. The van der Waals surface area contributed by atoms with Gasteiger partial charge in [-0.3, -0.25) is 0 Å². The summed E-state index contributed by atoms with van der Waals surface area (Å²) in [5, 5.41) is 18.4. The third-order valence-corrected chi connectivity index (χ3v) is 2.92. The van der Waals surface area contributed by atoms with Crippen LogP contribution in [0.2, 0.25) is 5.02 Å². The molecule has 2 aromatic carbocycles. The molecule has 0 aromatic heterocycles. The minimum Gasteiger partial charge on any atom is -0.507 e. The van der Waals surface area contributed by atoms with E-state index in [0.717, 1.165) is 12.1 Å². The minimum atomic E-state index is -1.30. The normalized spacial score (nSPS) is 10.3. The predicted molar refractivity (Wildman–Crippen MR) is 70.8 cm³/mol. The fraction of sp³-hybridized carbons (Fsp3) is 0.0714. The van der Waals surface area contributed by atoms with Gasteiger partial charge in [-0.05, 0) is 12.1 Å². The monoisotopic (exact) mass is 296 g/mol. The lowest BCUT2D eigenvalue weighted by molar-refractivity contribution is 0.0693. The van der Waals surface area contributed by atoms with E-state index >= 15 is 0 Å². The lowest BCUT2D eigenvalue weighted by Crippen LogP contribution is -2.01. The van der Waals surface area contributed by atoms with Crippen LogP contribution in [0.4, 0.5) is 4.39 Å². The van der Waals surface area contributed by atoms with Gasteiger partial charge in [-0.2, -0.15) is 0 Å². The second-order valence-electron chi connectivity index (χ2n) is 3.99. The molecule has 0 fully saturated rings. The number of ether oxygens (including phenoxy) is 1. The number of carbonyl (C=O) groups is 1. The Balaban J connectivity index is 2.21. The molecule has 0 atom stereocenters. The highest BCUT2D eigenvalue weighted by molar-refractivity contribution is 6.32. The number of carboxylic acids is 1. The molecule has 0 bridgehead atoms. The molecule has 0 spiro atoms. The van der Waals surface area contributed by atoms with Crippen molar-refractivity contribution in [2.24, 2.45) is 0 Å². The summed E-state index contributed by atoms with van der Waals surface area (Å²) in [5.41, 5.74) is -0.00129. The topological polar surface area (TPSA) is 66.8 Å². The first-order valence-corrected chi connectivity index (χ1v) is 5.99. The maximum absolute atomic E-state index is 13.4. The molecule has 0 aliphatic rings. The van der Waals surface area contributed by atoms with E-state index in [-0.39, 0.29) is 22.9 Å². The molecule has 104 valence electrons. The van der Waals surface area contributed by atoms with Crippen molar-refractivity contribution >= 4 is 17.6 Å². The van der Waals surface area contributed by atoms with Gasteiger partial charge in [0.15, 0.2) is 0 Å². The van der Waals surface area contributed by atoms with E-state index in [2.05, 4.69) is 0 Å². The molecular formula is C14H10ClFO4. The van der Waals surface area contributed by atoms with Gasteiger partial charge in [-0.1, -0.05) is 29.8 Å². The lowest BCUT2D eigenvalue weighted by atomic mass is 10.2. The summed E-state index contributed by atoms with van der Waals surface area (Å²) in [4.78, 5) is 10.8. The summed E-state index contributed by atoms with van der Waals surface area (Å²) < 4.78 is 18.7. The summed E-state index contributed by atoms with van der Waals surface area (Å²) in [7, 11) is 0. The quantitative estimate of drug-likeness (QED) is 0.906. The van der Waals surface area contributed by atoms with Crippen molar-refractivity contribution in [1.82, 2.24) is 0 Å². The number of aromatic hydroxyl groups is 1. The Kier molecular flexibility index (Phi) is 4.10. The Morgan fingerprint density at radius 2 is 2.00 bits per heavy atom. The highest BCUT2D eigenvalue weighted by Crippen LogP contribution is 2.32. The molecule has 0 amide bonds. The lowest BCUT2D eigenvalue weighted by Gasteiger charge is -2.10. The molecular weight excluding hydrogens is 287 g/mol. The third kappa shape index (κ3) is 3.00. The number of aromatic carboxylic acids is 1. The average molecular weight is 297 g/mol. The predicted octanol–water partition coefficient (Wildman–Crippen LogP) is 3.46. The molecule has 0 heterocycles. The maximum Gasteiger partial charge on any atom is 0.339 e. The molecule has 0 radical (unpaired) electrons. The number of phenols is 1. The van der Waals surface area contributed by atoms with Gasteiger partial charge in [0.1, 0.15) is 29.5 Å². The van der Waals surface area contributed by atoms with Crippen LogP contribution in [0, 0.1) is 5.82 Å². The van der Waals surface area contributed by atoms with E-state index in [4.69, 9.17) is 21.4 Å². The van der Waals surface area contributed by atoms with Gasteiger partial charge >= 0.3 is 5.97 Å². The zero-order valence-corrected chi connectivity index (χ0v) is 10.9. The fourth-order valence-electron chi connectivity index (χ4n) is 1.60. The number of carboxylic acid groups (broad SMARTS) is 1. The van der Waals surface area contributed by atoms with Gasteiger partial charge in [-0.25, -0.2) is 9.18 Å². The third-order valence-electron chi connectivity index (χ3n) is 2.62. The molecule has 0 saturated carbocycles. The summed E-state index contributed by atoms with van der Waals surface area (Å²) in [6, 6.07) is 8.23. The van der Waals surface area contributed by atoms with E-state index in [1.54, 1.807) is 18.2 Å². The van der Waals surface area contributed by atoms with E-state index in [0.29, 0.717) is 5.56 Å². The number of halogens is 2. The van der Waals surface area contributed by atoms with Crippen molar-refractivity contribution < 1.29 is 24.1 Å². The van der Waals surface area contributed by atoms with E-state index in [1.807, 2.05) is 0 Å². The molecule has 6 heteroatoms. The number of benzene rings is 2. The second-order valence-corrected chi connectivity index (χ2v) is 4.39. The van der Waals surface area contributed by atoms with Crippen LogP contribution in [-0.4, -0.2) is 16.2 Å². The van der Waals surface area contributed by atoms with Crippen LogP contribution < -0.4 is 4.74 Å². The van der Waals surface area contributed by atoms with E-state index in [1.165, 1.54) is 6.07 Å². The number of rotatable bonds is 4. The van der Waals surface area contributed by atoms with Gasteiger partial charge in [0, 0.05) is 11.6 Å². The molecule has 0 unspecified atom stereocenters.